The fraction of sp³-hybridized carbons (Fsp3) is 0.0769. The summed E-state index contributed by atoms with van der Waals surface area (Å²) in [5, 5.41) is 21.7. The minimum absolute atomic E-state index is 0.0754. The second-order valence-electron chi connectivity index (χ2n) is 4.14. The van der Waals surface area contributed by atoms with Gasteiger partial charge in [0.05, 0.1) is 12.1 Å². The SMILES string of the molecule is O=C1C(=NO)CN=C2C(=O)c3ccccc3C(O)=C12. The van der Waals surface area contributed by atoms with Crippen LogP contribution in [0.15, 0.2) is 40.0 Å². The smallest absolute Gasteiger partial charge is 0.218 e. The zero-order chi connectivity index (χ0) is 13.6. The summed E-state index contributed by atoms with van der Waals surface area (Å²) in [7, 11) is 0. The first-order chi connectivity index (χ1) is 9.15. The number of aliphatic hydroxyl groups excluding tert-OH is 1. The minimum Gasteiger partial charge on any atom is -0.506 e. The lowest BCUT2D eigenvalue weighted by molar-refractivity contribution is -0.109. The minimum atomic E-state index is -0.673. The van der Waals surface area contributed by atoms with Gasteiger partial charge in [-0.05, 0) is 0 Å². The van der Waals surface area contributed by atoms with E-state index in [1.54, 1.807) is 24.3 Å². The molecule has 3 rings (SSSR count). The predicted octanol–water partition coefficient (Wildman–Crippen LogP) is 1.01. The lowest BCUT2D eigenvalue weighted by Gasteiger charge is -2.22. The summed E-state index contributed by atoms with van der Waals surface area (Å²) in [6.07, 6.45) is 0. The van der Waals surface area contributed by atoms with E-state index in [2.05, 4.69) is 10.1 Å². The van der Waals surface area contributed by atoms with E-state index in [0.29, 0.717) is 5.56 Å². The number of fused-ring (bicyclic) bond motifs is 2. The zero-order valence-corrected chi connectivity index (χ0v) is 9.62. The van der Waals surface area contributed by atoms with Gasteiger partial charge in [-0.25, -0.2) is 0 Å². The van der Waals surface area contributed by atoms with Gasteiger partial charge in [-0.15, -0.1) is 0 Å². The van der Waals surface area contributed by atoms with Crippen molar-refractivity contribution in [3.63, 3.8) is 0 Å². The molecule has 19 heavy (non-hydrogen) atoms. The molecule has 0 radical (unpaired) electrons. The Morgan fingerprint density at radius 3 is 2.47 bits per heavy atom. The van der Waals surface area contributed by atoms with Crippen molar-refractivity contribution in [1.29, 1.82) is 0 Å². The Morgan fingerprint density at radius 1 is 1.11 bits per heavy atom. The highest BCUT2D eigenvalue weighted by atomic mass is 16.4. The molecule has 0 amide bonds. The number of allylic oxidation sites excluding steroid dienone is 1. The van der Waals surface area contributed by atoms with E-state index in [9.17, 15) is 14.7 Å². The monoisotopic (exact) mass is 256 g/mol. The van der Waals surface area contributed by atoms with E-state index in [0.717, 1.165) is 0 Å². The molecule has 1 aliphatic heterocycles. The van der Waals surface area contributed by atoms with Gasteiger partial charge in [-0.2, -0.15) is 0 Å². The summed E-state index contributed by atoms with van der Waals surface area (Å²) < 4.78 is 0. The van der Waals surface area contributed by atoms with Crippen LogP contribution in [0.2, 0.25) is 0 Å². The number of hydrogen-bond acceptors (Lipinski definition) is 6. The van der Waals surface area contributed by atoms with Crippen molar-refractivity contribution in [2.24, 2.45) is 10.1 Å². The molecule has 1 heterocycles. The Morgan fingerprint density at radius 2 is 1.79 bits per heavy atom. The molecule has 0 saturated heterocycles. The average molecular weight is 256 g/mol. The van der Waals surface area contributed by atoms with Gasteiger partial charge in [0.1, 0.15) is 17.2 Å². The van der Waals surface area contributed by atoms with Gasteiger partial charge >= 0.3 is 0 Å². The summed E-state index contributed by atoms with van der Waals surface area (Å²) in [5.74, 6) is -1.39. The molecule has 0 unspecified atom stereocenters. The maximum absolute atomic E-state index is 12.2. The quantitative estimate of drug-likeness (QED) is 0.534. The Kier molecular flexibility index (Phi) is 2.31. The van der Waals surface area contributed by atoms with Crippen LogP contribution in [0.4, 0.5) is 0 Å². The molecule has 94 valence electrons. The van der Waals surface area contributed by atoms with Gasteiger partial charge in [0.15, 0.2) is 0 Å². The van der Waals surface area contributed by atoms with Crippen molar-refractivity contribution in [2.75, 3.05) is 6.54 Å². The molecule has 1 aromatic rings. The third-order valence-electron chi connectivity index (χ3n) is 3.11. The van der Waals surface area contributed by atoms with Gasteiger partial charge < -0.3 is 10.3 Å². The number of carbonyl (C=O) groups excluding carboxylic acids is 2. The van der Waals surface area contributed by atoms with Crippen molar-refractivity contribution >= 4 is 28.7 Å². The fourth-order valence-electron chi connectivity index (χ4n) is 2.19. The first-order valence-electron chi connectivity index (χ1n) is 5.53. The molecule has 2 N–H and O–H groups in total. The normalized spacial score (nSPS) is 20.2. The summed E-state index contributed by atoms with van der Waals surface area (Å²) in [6, 6.07) is 6.43. The van der Waals surface area contributed by atoms with Crippen LogP contribution in [-0.2, 0) is 4.79 Å². The number of nitrogens with zero attached hydrogens (tertiary/aromatic N) is 2. The molecule has 6 heteroatoms. The molecule has 2 aliphatic rings. The number of rotatable bonds is 0. The van der Waals surface area contributed by atoms with E-state index in [1.807, 2.05) is 0 Å². The van der Waals surface area contributed by atoms with Crippen molar-refractivity contribution < 1.29 is 19.9 Å². The molecule has 0 atom stereocenters. The van der Waals surface area contributed by atoms with E-state index >= 15 is 0 Å². The van der Waals surface area contributed by atoms with Crippen molar-refractivity contribution in [1.82, 2.24) is 0 Å². The van der Waals surface area contributed by atoms with E-state index in [-0.39, 0.29) is 34.9 Å². The molecule has 0 bridgehead atoms. The Bertz CT molecular complexity index is 713. The first kappa shape index (κ1) is 11.3. The molecule has 0 saturated carbocycles. The van der Waals surface area contributed by atoms with Gasteiger partial charge in [-0.1, -0.05) is 29.4 Å². The fourth-order valence-corrected chi connectivity index (χ4v) is 2.19. The summed E-state index contributed by atoms with van der Waals surface area (Å²) in [4.78, 5) is 28.1. The number of Topliss-reactive ketones (excluding diaryl/α,β-unsaturated/α-hetero) is 2. The molecule has 0 fully saturated rings. The highest BCUT2D eigenvalue weighted by molar-refractivity contribution is 6.68. The second-order valence-corrected chi connectivity index (χ2v) is 4.14. The summed E-state index contributed by atoms with van der Waals surface area (Å²) in [5.41, 5.74) is 0.127. The van der Waals surface area contributed by atoms with Crippen LogP contribution in [-0.4, -0.2) is 39.8 Å². The molecular formula is C13H8N2O4. The number of aliphatic hydroxyl groups is 1. The average Bonchev–Trinajstić information content (AvgIpc) is 2.44. The molecule has 0 aromatic heterocycles. The van der Waals surface area contributed by atoms with Gasteiger partial charge in [0, 0.05) is 11.1 Å². The first-order valence-corrected chi connectivity index (χ1v) is 5.53. The summed E-state index contributed by atoms with van der Waals surface area (Å²) in [6.45, 7) is -0.171. The maximum atomic E-state index is 12.2. The highest BCUT2D eigenvalue weighted by Crippen LogP contribution is 2.30. The largest absolute Gasteiger partial charge is 0.506 e. The lowest BCUT2D eigenvalue weighted by atomic mass is 9.83. The Labute approximate surface area is 107 Å². The third-order valence-corrected chi connectivity index (χ3v) is 3.11. The predicted molar refractivity (Wildman–Crippen MR) is 66.9 cm³/mol. The second kappa shape index (κ2) is 3.88. The molecule has 1 aromatic carbocycles. The van der Waals surface area contributed by atoms with Crippen molar-refractivity contribution in [3.8, 4) is 0 Å². The van der Waals surface area contributed by atoms with Crippen LogP contribution in [0.25, 0.3) is 5.76 Å². The number of hydrogen-bond donors (Lipinski definition) is 2. The van der Waals surface area contributed by atoms with Crippen LogP contribution >= 0.6 is 0 Å². The van der Waals surface area contributed by atoms with E-state index in [1.165, 1.54) is 0 Å². The van der Waals surface area contributed by atoms with Gasteiger partial charge in [-0.3, -0.25) is 14.6 Å². The van der Waals surface area contributed by atoms with Crippen LogP contribution in [0.1, 0.15) is 15.9 Å². The standard InChI is InChI=1S/C13H8N2O4/c16-11-6-3-1-2-4-7(6)12(17)10-9(11)13(18)8(15-19)5-14-10/h1-4,16,19H,5H2. The van der Waals surface area contributed by atoms with Gasteiger partial charge in [0.2, 0.25) is 11.6 Å². The maximum Gasteiger partial charge on any atom is 0.218 e. The number of oxime groups is 1. The van der Waals surface area contributed by atoms with Crippen LogP contribution < -0.4 is 0 Å². The van der Waals surface area contributed by atoms with Crippen molar-refractivity contribution in [3.05, 3.63) is 41.0 Å². The third kappa shape index (κ3) is 1.43. The van der Waals surface area contributed by atoms with Crippen LogP contribution in [0.3, 0.4) is 0 Å². The lowest BCUT2D eigenvalue weighted by Crippen LogP contribution is -2.37. The Hall–Kier alpha value is -2.76. The molecular weight excluding hydrogens is 248 g/mol. The van der Waals surface area contributed by atoms with Crippen LogP contribution in [0, 0.1) is 0 Å². The molecule has 1 aliphatic carbocycles. The Balaban J connectivity index is 2.33. The topological polar surface area (TPSA) is 99.3 Å². The molecule has 6 nitrogen and oxygen atoms in total. The van der Waals surface area contributed by atoms with Crippen LogP contribution in [0.5, 0.6) is 0 Å². The number of ketones is 2. The summed E-state index contributed by atoms with van der Waals surface area (Å²) >= 11 is 0. The number of carbonyl (C=O) groups is 2. The van der Waals surface area contributed by atoms with E-state index in [4.69, 9.17) is 5.21 Å². The van der Waals surface area contributed by atoms with Gasteiger partial charge in [0.25, 0.3) is 0 Å². The van der Waals surface area contributed by atoms with E-state index < -0.39 is 11.6 Å². The molecule has 0 spiro atoms. The number of aliphatic imine (C=N–C) groups is 1. The highest BCUT2D eigenvalue weighted by Gasteiger charge is 2.38. The zero-order valence-electron chi connectivity index (χ0n) is 9.62. The number of benzene rings is 1. The van der Waals surface area contributed by atoms with Crippen molar-refractivity contribution in [2.45, 2.75) is 0 Å².